The predicted molar refractivity (Wildman–Crippen MR) is 119 cm³/mol. The van der Waals surface area contributed by atoms with Gasteiger partial charge in [0.25, 0.3) is 0 Å². The highest BCUT2D eigenvalue weighted by molar-refractivity contribution is 6.45. The molecule has 1 unspecified atom stereocenters. The number of esters is 1. The van der Waals surface area contributed by atoms with E-state index in [1.54, 1.807) is 19.9 Å². The number of ether oxygens (including phenoxy) is 3. The van der Waals surface area contributed by atoms with E-state index in [1.807, 2.05) is 19.1 Å². The predicted octanol–water partition coefficient (Wildman–Crippen LogP) is 4.45. The number of halogens is 1. The SMILES string of the molecule is CC[C@H](C)/C=C(C)\C=C\C1=CC2=C(Cl)C(=O)[C@@]3(C)OC4(O)C[C@H](C)OC(=O)[C@@H]4[C@H]3C2=CO1. The lowest BCUT2D eigenvalue weighted by molar-refractivity contribution is -0.260. The van der Waals surface area contributed by atoms with Crippen molar-refractivity contribution in [3.63, 3.8) is 0 Å². The van der Waals surface area contributed by atoms with Crippen LogP contribution in [0.25, 0.3) is 0 Å². The molecule has 0 radical (unpaired) electrons. The van der Waals surface area contributed by atoms with E-state index in [2.05, 4.69) is 19.9 Å². The maximum atomic E-state index is 13.3. The Labute approximate surface area is 193 Å². The number of ketones is 1. The molecule has 1 aliphatic carbocycles. The van der Waals surface area contributed by atoms with Crippen molar-refractivity contribution in [1.82, 2.24) is 0 Å². The minimum atomic E-state index is -1.81. The van der Waals surface area contributed by atoms with Gasteiger partial charge < -0.3 is 19.3 Å². The van der Waals surface area contributed by atoms with Crippen LogP contribution in [0.4, 0.5) is 0 Å². The molecule has 1 N–H and O–H groups in total. The standard InChI is InChI=1S/C25H29ClO6/c1-6-13(2)9-14(3)7-8-16-10-17-18(12-30-16)19-20-23(28)31-15(4)11-25(20,29)32-24(19,5)22(27)21(17)26/h7-10,12-13,15,19-20,29H,6,11H2,1-5H3/b8-7+,14-9-/t13-,15-,19+,20-,24-,25?/m0/s1. The molecular formula is C25H29ClO6. The van der Waals surface area contributed by atoms with Crippen LogP contribution in [0, 0.1) is 17.8 Å². The smallest absolute Gasteiger partial charge is 0.315 e. The fraction of sp³-hybridized carbons (Fsp3) is 0.520. The van der Waals surface area contributed by atoms with E-state index in [9.17, 15) is 14.7 Å². The van der Waals surface area contributed by atoms with Crippen LogP contribution in [-0.2, 0) is 23.8 Å². The summed E-state index contributed by atoms with van der Waals surface area (Å²) in [4.78, 5) is 26.1. The molecule has 3 aliphatic heterocycles. The summed E-state index contributed by atoms with van der Waals surface area (Å²) < 4.78 is 17.1. The molecule has 6 nitrogen and oxygen atoms in total. The lowest BCUT2D eigenvalue weighted by Crippen LogP contribution is -2.50. The van der Waals surface area contributed by atoms with E-state index in [0.29, 0.717) is 22.8 Å². The van der Waals surface area contributed by atoms with E-state index in [0.717, 1.165) is 12.0 Å². The van der Waals surface area contributed by atoms with Crippen molar-refractivity contribution < 1.29 is 28.9 Å². The Kier molecular flexibility index (Phi) is 5.76. The van der Waals surface area contributed by atoms with Gasteiger partial charge in [0.1, 0.15) is 23.4 Å². The molecule has 2 fully saturated rings. The quantitative estimate of drug-likeness (QED) is 0.493. The van der Waals surface area contributed by atoms with Crippen molar-refractivity contribution in [2.24, 2.45) is 17.8 Å². The summed E-state index contributed by atoms with van der Waals surface area (Å²) in [6.07, 6.45) is 9.73. The number of hydrogen-bond acceptors (Lipinski definition) is 6. The van der Waals surface area contributed by atoms with Crippen LogP contribution in [0.3, 0.4) is 0 Å². The van der Waals surface area contributed by atoms with Gasteiger partial charge in [0.15, 0.2) is 5.79 Å². The molecule has 172 valence electrons. The lowest BCUT2D eigenvalue weighted by atomic mass is 9.66. The van der Waals surface area contributed by atoms with Gasteiger partial charge in [0.05, 0.1) is 11.3 Å². The first-order valence-electron chi connectivity index (χ1n) is 11.0. The maximum Gasteiger partial charge on any atom is 0.315 e. The maximum absolute atomic E-state index is 13.3. The Balaban J connectivity index is 1.70. The molecule has 0 amide bonds. The van der Waals surface area contributed by atoms with Crippen LogP contribution >= 0.6 is 11.6 Å². The minimum Gasteiger partial charge on any atom is -0.465 e. The lowest BCUT2D eigenvalue weighted by Gasteiger charge is -2.38. The van der Waals surface area contributed by atoms with E-state index in [1.165, 1.54) is 6.26 Å². The van der Waals surface area contributed by atoms with Gasteiger partial charge in [-0.2, -0.15) is 0 Å². The molecule has 2 saturated heterocycles. The molecule has 7 heteroatoms. The molecule has 4 rings (SSSR count). The van der Waals surface area contributed by atoms with Gasteiger partial charge in [-0.05, 0) is 38.8 Å². The van der Waals surface area contributed by atoms with Gasteiger partial charge in [0.2, 0.25) is 5.78 Å². The number of carbonyl (C=O) groups is 2. The zero-order chi connectivity index (χ0) is 23.4. The monoisotopic (exact) mass is 460 g/mol. The number of hydrogen-bond donors (Lipinski definition) is 1. The Morgan fingerprint density at radius 3 is 2.78 bits per heavy atom. The summed E-state index contributed by atoms with van der Waals surface area (Å²) in [7, 11) is 0. The fourth-order valence-corrected chi connectivity index (χ4v) is 5.45. The van der Waals surface area contributed by atoms with Gasteiger partial charge in [-0.15, -0.1) is 0 Å². The van der Waals surface area contributed by atoms with Crippen LogP contribution in [0.2, 0.25) is 0 Å². The number of carbonyl (C=O) groups excluding carboxylic acids is 2. The first-order chi connectivity index (χ1) is 15.0. The molecule has 6 atom stereocenters. The Morgan fingerprint density at radius 2 is 2.09 bits per heavy atom. The Hall–Kier alpha value is -2.15. The Morgan fingerprint density at radius 1 is 1.38 bits per heavy atom. The molecule has 0 saturated carbocycles. The van der Waals surface area contributed by atoms with Gasteiger partial charge in [-0.1, -0.05) is 49.6 Å². The average molecular weight is 461 g/mol. The zero-order valence-electron chi connectivity index (χ0n) is 19.0. The van der Waals surface area contributed by atoms with Crippen molar-refractivity contribution in [1.29, 1.82) is 0 Å². The second-order valence-electron chi connectivity index (χ2n) is 9.38. The van der Waals surface area contributed by atoms with Crippen LogP contribution < -0.4 is 0 Å². The molecule has 0 aromatic carbocycles. The highest BCUT2D eigenvalue weighted by atomic mass is 35.5. The number of aliphatic hydroxyl groups is 1. The summed E-state index contributed by atoms with van der Waals surface area (Å²) in [5.41, 5.74) is 0.635. The summed E-state index contributed by atoms with van der Waals surface area (Å²) in [6.45, 7) is 9.55. The number of cyclic esters (lactones) is 1. The van der Waals surface area contributed by atoms with E-state index in [4.69, 9.17) is 25.8 Å². The molecule has 0 aromatic rings. The molecule has 0 bridgehead atoms. The summed E-state index contributed by atoms with van der Waals surface area (Å²) in [6, 6.07) is 0. The topological polar surface area (TPSA) is 82.1 Å². The molecule has 0 aromatic heterocycles. The number of Topliss-reactive ketones (excluding diaryl/α,β-unsaturated/α-hetero) is 1. The van der Waals surface area contributed by atoms with E-state index in [-0.39, 0.29) is 11.5 Å². The van der Waals surface area contributed by atoms with Crippen molar-refractivity contribution in [3.05, 3.63) is 58.1 Å². The van der Waals surface area contributed by atoms with Crippen LogP contribution in [0.1, 0.15) is 47.5 Å². The molecule has 0 spiro atoms. The zero-order valence-corrected chi connectivity index (χ0v) is 19.7. The van der Waals surface area contributed by atoms with Crippen molar-refractivity contribution in [3.8, 4) is 0 Å². The van der Waals surface area contributed by atoms with Crippen LogP contribution in [0.15, 0.2) is 58.1 Å². The van der Waals surface area contributed by atoms with Crippen molar-refractivity contribution in [2.45, 2.75) is 65.0 Å². The third kappa shape index (κ3) is 3.58. The van der Waals surface area contributed by atoms with Crippen LogP contribution in [0.5, 0.6) is 0 Å². The van der Waals surface area contributed by atoms with Crippen molar-refractivity contribution in [2.75, 3.05) is 0 Å². The first-order valence-corrected chi connectivity index (χ1v) is 11.4. The van der Waals surface area contributed by atoms with Gasteiger partial charge in [-0.3, -0.25) is 9.59 Å². The minimum absolute atomic E-state index is 0.000248. The molecule has 32 heavy (non-hydrogen) atoms. The largest absolute Gasteiger partial charge is 0.465 e. The third-order valence-corrected chi connectivity index (χ3v) is 7.17. The summed E-state index contributed by atoms with van der Waals surface area (Å²) >= 11 is 6.50. The second-order valence-corrected chi connectivity index (χ2v) is 9.76. The fourth-order valence-electron chi connectivity index (χ4n) is 5.10. The van der Waals surface area contributed by atoms with E-state index < -0.39 is 41.1 Å². The highest BCUT2D eigenvalue weighted by Gasteiger charge is 2.70. The highest BCUT2D eigenvalue weighted by Crippen LogP contribution is 2.58. The van der Waals surface area contributed by atoms with Crippen molar-refractivity contribution >= 4 is 23.4 Å². The van der Waals surface area contributed by atoms with E-state index >= 15 is 0 Å². The normalized spacial score (nSPS) is 37.8. The summed E-state index contributed by atoms with van der Waals surface area (Å²) in [5.74, 6) is -3.69. The average Bonchev–Trinajstić information content (AvgIpc) is 2.98. The number of rotatable bonds is 4. The summed E-state index contributed by atoms with van der Waals surface area (Å²) in [5, 5.41) is 11.2. The molecular weight excluding hydrogens is 432 g/mol. The Bertz CT molecular complexity index is 1020. The van der Waals surface area contributed by atoms with Gasteiger partial charge in [0, 0.05) is 23.5 Å². The van der Waals surface area contributed by atoms with Gasteiger partial charge >= 0.3 is 5.97 Å². The molecule has 3 heterocycles. The second kappa shape index (κ2) is 8.01. The van der Waals surface area contributed by atoms with Crippen LogP contribution in [-0.4, -0.2) is 34.4 Å². The number of fused-ring (bicyclic) bond motifs is 5. The van der Waals surface area contributed by atoms with Gasteiger partial charge in [-0.25, -0.2) is 0 Å². The number of allylic oxidation sites excluding steroid dienone is 6. The molecule has 4 aliphatic rings. The third-order valence-electron chi connectivity index (χ3n) is 6.80. The first kappa shape index (κ1) is 23.0.